The Kier molecular flexibility index (Phi) is 5.81. The first kappa shape index (κ1) is 23.6. The molecular formula is C28H30F2N8. The highest BCUT2D eigenvalue weighted by Gasteiger charge is 2.39. The van der Waals surface area contributed by atoms with Crippen LogP contribution in [-0.2, 0) is 19.5 Å². The number of fused-ring (bicyclic) bond motifs is 5. The van der Waals surface area contributed by atoms with E-state index in [1.165, 1.54) is 18.9 Å². The predicted molar refractivity (Wildman–Crippen MR) is 141 cm³/mol. The van der Waals surface area contributed by atoms with Crippen molar-refractivity contribution in [3.8, 4) is 11.3 Å². The van der Waals surface area contributed by atoms with Crippen molar-refractivity contribution in [1.82, 2.24) is 34.3 Å². The Morgan fingerprint density at radius 1 is 1.00 bits per heavy atom. The molecule has 2 bridgehead atoms. The van der Waals surface area contributed by atoms with E-state index in [1.807, 2.05) is 16.8 Å². The van der Waals surface area contributed by atoms with Gasteiger partial charge in [0.1, 0.15) is 22.9 Å². The van der Waals surface area contributed by atoms with Crippen molar-refractivity contribution < 1.29 is 8.78 Å². The van der Waals surface area contributed by atoms with E-state index in [2.05, 4.69) is 48.0 Å². The van der Waals surface area contributed by atoms with E-state index >= 15 is 0 Å². The van der Waals surface area contributed by atoms with Crippen LogP contribution in [0.3, 0.4) is 0 Å². The number of aromatic nitrogens is 5. The van der Waals surface area contributed by atoms with Gasteiger partial charge in [0.2, 0.25) is 5.95 Å². The molecule has 0 aliphatic carbocycles. The number of likely N-dealkylation sites (tertiary alicyclic amines) is 1. The molecule has 1 aromatic carbocycles. The molecule has 8 nitrogen and oxygen atoms in total. The summed E-state index contributed by atoms with van der Waals surface area (Å²) in [7, 11) is 0. The average molecular weight is 517 g/mol. The van der Waals surface area contributed by atoms with E-state index in [0.29, 0.717) is 34.5 Å². The molecular weight excluding hydrogens is 486 g/mol. The summed E-state index contributed by atoms with van der Waals surface area (Å²) in [6.45, 7) is 7.32. The van der Waals surface area contributed by atoms with E-state index in [-0.39, 0.29) is 11.6 Å². The van der Waals surface area contributed by atoms with Crippen LogP contribution in [0.2, 0.25) is 0 Å². The van der Waals surface area contributed by atoms with E-state index in [9.17, 15) is 8.78 Å². The van der Waals surface area contributed by atoms with Crippen molar-refractivity contribution in [1.29, 1.82) is 0 Å². The number of piperazine rings is 1. The molecule has 0 saturated carbocycles. The number of nitrogens with one attached hydrogen (secondary N) is 1. The normalized spacial score (nSPS) is 21.3. The standard InChI is InChI=1S/C28H30F2N8/c1-2-36-15-19-6-7-20(16-36)38(19)14-17-5-8-24(31-12-17)33-28-32-13-22(30)26(35-28)18-10-21(29)27-23(11-18)37-9-3-4-25(37)34-27/h5,8,10-13,19-20H,2-4,6-7,9,14-16H2,1H3,(H,31,32,33,35). The number of hydrogen-bond donors (Lipinski definition) is 1. The lowest BCUT2D eigenvalue weighted by Gasteiger charge is -2.40. The molecule has 2 saturated heterocycles. The molecule has 0 amide bonds. The third-order valence-electron chi connectivity index (χ3n) is 8.27. The van der Waals surface area contributed by atoms with Gasteiger partial charge in [-0.3, -0.25) is 4.90 Å². The first-order valence-corrected chi connectivity index (χ1v) is 13.5. The van der Waals surface area contributed by atoms with Crippen LogP contribution in [0.15, 0.2) is 36.7 Å². The Morgan fingerprint density at radius 2 is 1.84 bits per heavy atom. The van der Waals surface area contributed by atoms with E-state index in [0.717, 1.165) is 63.2 Å². The summed E-state index contributed by atoms with van der Waals surface area (Å²) in [5.41, 5.74) is 2.54. The highest BCUT2D eigenvalue weighted by atomic mass is 19.1. The van der Waals surface area contributed by atoms with Crippen molar-refractivity contribution in [2.24, 2.45) is 0 Å². The van der Waals surface area contributed by atoms with Crippen LogP contribution in [0.1, 0.15) is 37.6 Å². The third-order valence-corrected chi connectivity index (χ3v) is 8.27. The second-order valence-electron chi connectivity index (χ2n) is 10.6. The van der Waals surface area contributed by atoms with Gasteiger partial charge in [-0.1, -0.05) is 13.0 Å². The Labute approximate surface area is 219 Å². The van der Waals surface area contributed by atoms with Gasteiger partial charge in [-0.2, -0.15) is 0 Å². The van der Waals surface area contributed by atoms with Crippen LogP contribution in [0, 0.1) is 11.6 Å². The number of hydrogen-bond acceptors (Lipinski definition) is 7. The molecule has 2 atom stereocenters. The summed E-state index contributed by atoms with van der Waals surface area (Å²) in [6, 6.07) is 8.24. The summed E-state index contributed by atoms with van der Waals surface area (Å²) < 4.78 is 31.7. The van der Waals surface area contributed by atoms with Crippen LogP contribution < -0.4 is 5.32 Å². The van der Waals surface area contributed by atoms with Crippen molar-refractivity contribution in [2.45, 2.75) is 57.8 Å². The minimum atomic E-state index is -0.614. The summed E-state index contributed by atoms with van der Waals surface area (Å²) in [5.74, 6) is 0.548. The highest BCUT2D eigenvalue weighted by Crippen LogP contribution is 2.33. The fraction of sp³-hybridized carbons (Fsp3) is 0.429. The number of halogens is 2. The molecule has 10 heteroatoms. The minimum absolute atomic E-state index is 0.0372. The fourth-order valence-electron chi connectivity index (χ4n) is 6.34. The second kappa shape index (κ2) is 9.36. The maximum Gasteiger partial charge on any atom is 0.229 e. The van der Waals surface area contributed by atoms with Gasteiger partial charge in [0.15, 0.2) is 11.6 Å². The van der Waals surface area contributed by atoms with Crippen LogP contribution in [0.25, 0.3) is 22.3 Å². The first-order chi connectivity index (χ1) is 18.6. The molecule has 6 heterocycles. The molecule has 196 valence electrons. The Bertz CT molecular complexity index is 1490. The van der Waals surface area contributed by atoms with Crippen LogP contribution in [0.4, 0.5) is 20.5 Å². The first-order valence-electron chi connectivity index (χ1n) is 13.5. The number of imidazole rings is 1. The molecule has 3 aliphatic heterocycles. The predicted octanol–water partition coefficient (Wildman–Crippen LogP) is 4.52. The summed E-state index contributed by atoms with van der Waals surface area (Å²) >= 11 is 0. The summed E-state index contributed by atoms with van der Waals surface area (Å²) in [6.07, 6.45) is 7.30. The van der Waals surface area contributed by atoms with Crippen molar-refractivity contribution >= 4 is 22.8 Å². The van der Waals surface area contributed by atoms with Gasteiger partial charge in [0.05, 0.1) is 11.7 Å². The Morgan fingerprint density at radius 3 is 2.61 bits per heavy atom. The molecule has 3 aliphatic rings. The minimum Gasteiger partial charge on any atom is -0.328 e. The zero-order valence-corrected chi connectivity index (χ0v) is 21.4. The van der Waals surface area contributed by atoms with Crippen molar-refractivity contribution in [3.63, 3.8) is 0 Å². The molecule has 4 aromatic rings. The Hall–Kier alpha value is -3.50. The number of anilines is 2. The SMILES string of the molecule is CCN1CC2CCC(C1)N2Cc1ccc(Nc2ncc(F)c(-c3cc(F)c4nc5n(c4c3)CCC5)n2)nc1. The molecule has 0 radical (unpaired) electrons. The topological polar surface area (TPSA) is 75.0 Å². The molecule has 7 rings (SSSR count). The van der Waals surface area contributed by atoms with E-state index in [1.54, 1.807) is 6.07 Å². The average Bonchev–Trinajstić information content (AvgIpc) is 3.58. The van der Waals surface area contributed by atoms with Crippen LogP contribution in [0.5, 0.6) is 0 Å². The van der Waals surface area contributed by atoms with Gasteiger partial charge < -0.3 is 14.8 Å². The van der Waals surface area contributed by atoms with Gasteiger partial charge >= 0.3 is 0 Å². The second-order valence-corrected chi connectivity index (χ2v) is 10.6. The number of likely N-dealkylation sites (N-methyl/N-ethyl adjacent to an activating group) is 1. The fourth-order valence-corrected chi connectivity index (χ4v) is 6.34. The molecule has 2 fully saturated rings. The van der Waals surface area contributed by atoms with Gasteiger partial charge in [0.25, 0.3) is 0 Å². The maximum atomic E-state index is 14.9. The number of nitrogens with zero attached hydrogens (tertiary/aromatic N) is 7. The van der Waals surface area contributed by atoms with Crippen molar-refractivity contribution in [2.75, 3.05) is 25.0 Å². The lowest BCUT2D eigenvalue weighted by molar-refractivity contribution is 0.0641. The van der Waals surface area contributed by atoms with E-state index in [4.69, 9.17) is 0 Å². The smallest absolute Gasteiger partial charge is 0.229 e. The number of pyridine rings is 1. The van der Waals surface area contributed by atoms with Gasteiger partial charge in [-0.25, -0.2) is 28.7 Å². The quantitative estimate of drug-likeness (QED) is 0.404. The zero-order valence-electron chi connectivity index (χ0n) is 21.4. The van der Waals surface area contributed by atoms with Gasteiger partial charge in [0, 0.05) is 56.4 Å². The van der Waals surface area contributed by atoms with Gasteiger partial charge in [-0.15, -0.1) is 0 Å². The third kappa shape index (κ3) is 4.12. The lowest BCUT2D eigenvalue weighted by atomic mass is 10.1. The zero-order chi connectivity index (χ0) is 25.8. The maximum absolute atomic E-state index is 14.9. The Balaban J connectivity index is 1.09. The lowest BCUT2D eigenvalue weighted by Crippen LogP contribution is -2.52. The summed E-state index contributed by atoms with van der Waals surface area (Å²) in [5, 5.41) is 3.07. The van der Waals surface area contributed by atoms with E-state index < -0.39 is 11.6 Å². The largest absolute Gasteiger partial charge is 0.328 e. The van der Waals surface area contributed by atoms with Gasteiger partial charge in [-0.05, 0) is 49.6 Å². The molecule has 3 aromatic heterocycles. The molecule has 0 spiro atoms. The monoisotopic (exact) mass is 516 g/mol. The highest BCUT2D eigenvalue weighted by molar-refractivity contribution is 5.83. The van der Waals surface area contributed by atoms with Crippen LogP contribution in [-0.4, -0.2) is 66.0 Å². The van der Waals surface area contributed by atoms with Crippen LogP contribution >= 0.6 is 0 Å². The molecule has 1 N–H and O–H groups in total. The molecule has 38 heavy (non-hydrogen) atoms. The number of rotatable bonds is 6. The summed E-state index contributed by atoms with van der Waals surface area (Å²) in [4.78, 5) is 22.6. The van der Waals surface area contributed by atoms with Crippen molar-refractivity contribution in [3.05, 3.63) is 59.7 Å². The number of benzene rings is 1. The number of aryl methyl sites for hydroxylation is 2. The molecule has 2 unspecified atom stereocenters.